The highest BCUT2D eigenvalue weighted by atomic mass is 35.5. The Labute approximate surface area is 87.0 Å². The van der Waals surface area contributed by atoms with Gasteiger partial charge in [0.1, 0.15) is 5.82 Å². The second kappa shape index (κ2) is 3.81. The average molecular weight is 207 g/mol. The predicted octanol–water partition coefficient (Wildman–Crippen LogP) is 4.15. The van der Waals surface area contributed by atoms with Gasteiger partial charge in [-0.3, -0.25) is 0 Å². The van der Waals surface area contributed by atoms with Gasteiger partial charge in [0.25, 0.3) is 0 Å². The maximum atomic E-state index is 13.6. The third-order valence-corrected chi connectivity index (χ3v) is 2.33. The molecule has 2 aromatic rings. The van der Waals surface area contributed by atoms with E-state index in [0.717, 1.165) is 5.56 Å². The molecule has 2 rings (SSSR count). The van der Waals surface area contributed by atoms with E-state index in [4.69, 9.17) is 11.6 Å². The first kappa shape index (κ1) is 9.22. The summed E-state index contributed by atoms with van der Waals surface area (Å²) in [5.41, 5.74) is 1.38. The van der Waals surface area contributed by atoms with Gasteiger partial charge in [-0.1, -0.05) is 54.1 Å². The highest BCUT2D eigenvalue weighted by molar-refractivity contribution is 6.31. The van der Waals surface area contributed by atoms with Crippen LogP contribution >= 0.6 is 11.6 Å². The summed E-state index contributed by atoms with van der Waals surface area (Å²) in [6, 6.07) is 14.4. The van der Waals surface area contributed by atoms with E-state index in [1.54, 1.807) is 18.2 Å². The smallest absolute Gasteiger partial charge is 0.149 e. The molecule has 0 atom stereocenters. The van der Waals surface area contributed by atoms with Crippen molar-refractivity contribution in [1.29, 1.82) is 0 Å². The summed E-state index contributed by atoms with van der Waals surface area (Å²) in [7, 11) is 0. The van der Waals surface area contributed by atoms with Gasteiger partial charge in [0, 0.05) is 5.56 Å². The molecular weight excluding hydrogens is 199 g/mol. The van der Waals surface area contributed by atoms with E-state index in [0.29, 0.717) is 5.56 Å². The molecule has 0 nitrogen and oxygen atoms in total. The Morgan fingerprint density at radius 3 is 2.29 bits per heavy atom. The molecule has 0 aliphatic heterocycles. The highest BCUT2D eigenvalue weighted by Crippen LogP contribution is 2.26. The lowest BCUT2D eigenvalue weighted by atomic mass is 10.1. The Morgan fingerprint density at radius 2 is 1.57 bits per heavy atom. The van der Waals surface area contributed by atoms with Crippen molar-refractivity contribution in [2.45, 2.75) is 0 Å². The summed E-state index contributed by atoms with van der Waals surface area (Å²) < 4.78 is 13.6. The molecule has 0 aliphatic rings. The molecular formula is C12H8ClF. The normalized spacial score (nSPS) is 10.1. The summed E-state index contributed by atoms with van der Waals surface area (Å²) in [6.07, 6.45) is 0. The van der Waals surface area contributed by atoms with Crippen molar-refractivity contribution in [3.8, 4) is 11.1 Å². The lowest BCUT2D eigenvalue weighted by Crippen LogP contribution is -1.84. The molecule has 0 saturated carbocycles. The first-order valence-electron chi connectivity index (χ1n) is 4.28. The number of halogens is 2. The Hall–Kier alpha value is -1.34. The third-order valence-electron chi connectivity index (χ3n) is 2.04. The Morgan fingerprint density at radius 1 is 0.857 bits per heavy atom. The van der Waals surface area contributed by atoms with Gasteiger partial charge in [0.2, 0.25) is 0 Å². The third kappa shape index (κ3) is 1.64. The van der Waals surface area contributed by atoms with E-state index in [1.165, 1.54) is 0 Å². The van der Waals surface area contributed by atoms with Crippen LogP contribution in [0.1, 0.15) is 0 Å². The van der Waals surface area contributed by atoms with E-state index in [1.807, 2.05) is 30.3 Å². The van der Waals surface area contributed by atoms with E-state index in [9.17, 15) is 4.39 Å². The van der Waals surface area contributed by atoms with Gasteiger partial charge in [-0.05, 0) is 11.6 Å². The monoisotopic (exact) mass is 206 g/mol. The predicted molar refractivity (Wildman–Crippen MR) is 56.8 cm³/mol. The molecule has 0 radical (unpaired) electrons. The van der Waals surface area contributed by atoms with Crippen LogP contribution in [-0.4, -0.2) is 0 Å². The van der Waals surface area contributed by atoms with Crippen LogP contribution in [0.25, 0.3) is 11.1 Å². The fourth-order valence-corrected chi connectivity index (χ4v) is 1.52. The molecule has 0 N–H and O–H groups in total. The summed E-state index contributed by atoms with van der Waals surface area (Å²) in [5, 5.41) is 0.159. The first-order valence-corrected chi connectivity index (χ1v) is 4.66. The molecule has 0 fully saturated rings. The van der Waals surface area contributed by atoms with Crippen molar-refractivity contribution in [2.24, 2.45) is 0 Å². The van der Waals surface area contributed by atoms with E-state index >= 15 is 0 Å². The first-order chi connectivity index (χ1) is 6.79. The minimum Gasteiger partial charge on any atom is -0.205 e. The summed E-state index contributed by atoms with van der Waals surface area (Å²) in [4.78, 5) is 0. The van der Waals surface area contributed by atoms with Crippen LogP contribution in [0, 0.1) is 5.82 Å². The van der Waals surface area contributed by atoms with E-state index in [-0.39, 0.29) is 10.8 Å². The molecule has 0 saturated heterocycles. The Bertz CT molecular complexity index is 437. The van der Waals surface area contributed by atoms with Crippen LogP contribution in [0.2, 0.25) is 5.02 Å². The van der Waals surface area contributed by atoms with Crippen LogP contribution < -0.4 is 0 Å². The van der Waals surface area contributed by atoms with Crippen molar-refractivity contribution < 1.29 is 4.39 Å². The Balaban J connectivity index is 2.58. The second-order valence-electron chi connectivity index (χ2n) is 2.97. The van der Waals surface area contributed by atoms with Crippen LogP contribution in [0.15, 0.2) is 48.5 Å². The van der Waals surface area contributed by atoms with Crippen LogP contribution in [0.3, 0.4) is 0 Å². The van der Waals surface area contributed by atoms with Crippen molar-refractivity contribution in [2.75, 3.05) is 0 Å². The van der Waals surface area contributed by atoms with E-state index < -0.39 is 0 Å². The summed E-state index contributed by atoms with van der Waals surface area (Å²) in [5.74, 6) is -0.361. The molecule has 0 aromatic heterocycles. The second-order valence-corrected chi connectivity index (χ2v) is 3.37. The van der Waals surface area contributed by atoms with Crippen molar-refractivity contribution in [1.82, 2.24) is 0 Å². The maximum absolute atomic E-state index is 13.6. The number of hydrogen-bond donors (Lipinski definition) is 0. The van der Waals surface area contributed by atoms with Crippen LogP contribution in [0.4, 0.5) is 4.39 Å². The van der Waals surface area contributed by atoms with Crippen molar-refractivity contribution in [3.63, 3.8) is 0 Å². The maximum Gasteiger partial charge on any atom is 0.149 e. The molecule has 2 aromatic carbocycles. The zero-order chi connectivity index (χ0) is 9.97. The van der Waals surface area contributed by atoms with Gasteiger partial charge >= 0.3 is 0 Å². The quantitative estimate of drug-likeness (QED) is 0.658. The number of rotatable bonds is 1. The van der Waals surface area contributed by atoms with Crippen molar-refractivity contribution >= 4 is 11.6 Å². The zero-order valence-corrected chi connectivity index (χ0v) is 8.13. The van der Waals surface area contributed by atoms with Crippen molar-refractivity contribution in [3.05, 3.63) is 59.4 Å². The van der Waals surface area contributed by atoms with Gasteiger partial charge in [-0.15, -0.1) is 0 Å². The fourth-order valence-electron chi connectivity index (χ4n) is 1.34. The largest absolute Gasteiger partial charge is 0.205 e. The molecule has 2 heteroatoms. The molecule has 0 aliphatic carbocycles. The van der Waals surface area contributed by atoms with Gasteiger partial charge < -0.3 is 0 Å². The van der Waals surface area contributed by atoms with Gasteiger partial charge in [0.05, 0.1) is 5.02 Å². The minimum absolute atomic E-state index is 0.159. The molecule has 0 bridgehead atoms. The van der Waals surface area contributed by atoms with Gasteiger partial charge in [-0.2, -0.15) is 0 Å². The SMILES string of the molecule is Fc1c(Cl)cccc1-c1ccccc1. The summed E-state index contributed by atoms with van der Waals surface area (Å²) >= 11 is 5.69. The lowest BCUT2D eigenvalue weighted by Gasteiger charge is -2.03. The molecule has 70 valence electrons. The van der Waals surface area contributed by atoms with Crippen LogP contribution in [0.5, 0.6) is 0 Å². The topological polar surface area (TPSA) is 0 Å². The average Bonchev–Trinajstić information content (AvgIpc) is 2.23. The molecule has 0 amide bonds. The standard InChI is InChI=1S/C12H8ClF/c13-11-8-4-7-10(12(11)14)9-5-2-1-3-6-9/h1-8H. The fraction of sp³-hybridized carbons (Fsp3) is 0. The highest BCUT2D eigenvalue weighted by Gasteiger charge is 2.06. The lowest BCUT2D eigenvalue weighted by molar-refractivity contribution is 0.632. The Kier molecular flexibility index (Phi) is 2.51. The summed E-state index contributed by atoms with van der Waals surface area (Å²) in [6.45, 7) is 0. The molecule has 0 unspecified atom stereocenters. The van der Waals surface area contributed by atoms with Gasteiger partial charge in [-0.25, -0.2) is 4.39 Å². The molecule has 14 heavy (non-hydrogen) atoms. The molecule has 0 heterocycles. The van der Waals surface area contributed by atoms with E-state index in [2.05, 4.69) is 0 Å². The number of benzene rings is 2. The minimum atomic E-state index is -0.361. The number of hydrogen-bond acceptors (Lipinski definition) is 0. The molecule has 0 spiro atoms. The van der Waals surface area contributed by atoms with Gasteiger partial charge in [0.15, 0.2) is 0 Å². The zero-order valence-electron chi connectivity index (χ0n) is 7.37. The van der Waals surface area contributed by atoms with Crippen LogP contribution in [-0.2, 0) is 0 Å².